The molecule has 0 aromatic carbocycles. The molecule has 1 atom stereocenters. The number of rotatable bonds is 7. The number of hydrogen-bond donors (Lipinski definition) is 1. The Balaban J connectivity index is 2.43. The van der Waals surface area contributed by atoms with E-state index >= 15 is 0 Å². The van der Waals surface area contributed by atoms with E-state index in [-0.39, 0.29) is 11.9 Å². The molecular formula is C12H16O4. The fraction of sp³-hybridized carbons (Fsp3) is 0.417. The largest absolute Gasteiger partial charge is 0.475 e. The number of hydrogen-bond acceptors (Lipinski definition) is 3. The molecule has 1 aromatic heterocycles. The van der Waals surface area contributed by atoms with Gasteiger partial charge in [-0.3, -0.25) is 0 Å². The van der Waals surface area contributed by atoms with Crippen LogP contribution in [0, 0.1) is 0 Å². The summed E-state index contributed by atoms with van der Waals surface area (Å²) in [5.41, 5.74) is 0. The normalized spacial score (nSPS) is 12.3. The molecule has 0 fully saturated rings. The Morgan fingerprint density at radius 1 is 1.69 bits per heavy atom. The zero-order chi connectivity index (χ0) is 12.0. The van der Waals surface area contributed by atoms with Crippen LogP contribution in [0.4, 0.5) is 0 Å². The van der Waals surface area contributed by atoms with Gasteiger partial charge in [-0.05, 0) is 31.9 Å². The van der Waals surface area contributed by atoms with E-state index in [1.54, 1.807) is 6.07 Å². The Hall–Kier alpha value is -1.55. The van der Waals surface area contributed by atoms with E-state index in [0.717, 1.165) is 12.8 Å². The van der Waals surface area contributed by atoms with Gasteiger partial charge in [0.05, 0.1) is 0 Å². The van der Waals surface area contributed by atoms with E-state index in [2.05, 4.69) is 6.58 Å². The molecule has 0 amide bonds. The number of ether oxygens (including phenoxy) is 1. The van der Waals surface area contributed by atoms with Crippen LogP contribution < -0.4 is 0 Å². The van der Waals surface area contributed by atoms with E-state index in [4.69, 9.17) is 14.3 Å². The third-order valence-electron chi connectivity index (χ3n) is 2.16. The molecule has 0 aliphatic carbocycles. The summed E-state index contributed by atoms with van der Waals surface area (Å²) in [5, 5.41) is 8.68. The fourth-order valence-corrected chi connectivity index (χ4v) is 1.26. The monoisotopic (exact) mass is 224 g/mol. The Bertz CT molecular complexity index is 354. The Morgan fingerprint density at radius 3 is 3.00 bits per heavy atom. The molecule has 1 unspecified atom stereocenters. The van der Waals surface area contributed by atoms with Gasteiger partial charge in [-0.1, -0.05) is 6.08 Å². The molecule has 88 valence electrons. The molecule has 1 aromatic rings. The highest BCUT2D eigenvalue weighted by molar-refractivity contribution is 5.84. The lowest BCUT2D eigenvalue weighted by atomic mass is 10.3. The smallest absolute Gasteiger partial charge is 0.371 e. The molecule has 0 bridgehead atoms. The van der Waals surface area contributed by atoms with Crippen molar-refractivity contribution >= 4 is 5.97 Å². The highest BCUT2D eigenvalue weighted by Crippen LogP contribution is 2.19. The van der Waals surface area contributed by atoms with Gasteiger partial charge in [0, 0.05) is 6.61 Å². The lowest BCUT2D eigenvalue weighted by Crippen LogP contribution is -2.00. The highest BCUT2D eigenvalue weighted by Gasteiger charge is 2.14. The molecule has 0 spiro atoms. The summed E-state index contributed by atoms with van der Waals surface area (Å²) >= 11 is 0. The second-order valence-electron chi connectivity index (χ2n) is 3.45. The van der Waals surface area contributed by atoms with Crippen molar-refractivity contribution in [3.63, 3.8) is 0 Å². The summed E-state index contributed by atoms with van der Waals surface area (Å²) in [7, 11) is 0. The van der Waals surface area contributed by atoms with Crippen molar-refractivity contribution in [1.29, 1.82) is 0 Å². The van der Waals surface area contributed by atoms with Gasteiger partial charge in [0.1, 0.15) is 11.9 Å². The molecule has 4 heteroatoms. The van der Waals surface area contributed by atoms with Crippen LogP contribution in [0.15, 0.2) is 29.2 Å². The van der Waals surface area contributed by atoms with E-state index in [0.29, 0.717) is 12.4 Å². The summed E-state index contributed by atoms with van der Waals surface area (Å²) in [4.78, 5) is 10.6. The zero-order valence-corrected chi connectivity index (χ0v) is 9.31. The molecule has 0 saturated carbocycles. The standard InChI is InChI=1S/C12H16O4/c1-3-4-5-8-15-9(2)10-6-7-11(16-10)12(13)14/h3,6-7,9H,1,4-5,8H2,2H3,(H,13,14). The summed E-state index contributed by atoms with van der Waals surface area (Å²) in [6.07, 6.45) is 3.42. The number of carboxylic acids is 1. The molecule has 0 aliphatic rings. The molecule has 1 heterocycles. The molecule has 0 aliphatic heterocycles. The van der Waals surface area contributed by atoms with Gasteiger partial charge in [-0.25, -0.2) is 4.79 Å². The van der Waals surface area contributed by atoms with Crippen LogP contribution in [0.1, 0.15) is 42.2 Å². The van der Waals surface area contributed by atoms with Crippen LogP contribution in [-0.4, -0.2) is 17.7 Å². The molecule has 1 rings (SSSR count). The van der Waals surface area contributed by atoms with Gasteiger partial charge >= 0.3 is 5.97 Å². The van der Waals surface area contributed by atoms with Gasteiger partial charge < -0.3 is 14.3 Å². The number of carbonyl (C=O) groups is 1. The van der Waals surface area contributed by atoms with Crippen LogP contribution in [0.2, 0.25) is 0 Å². The van der Waals surface area contributed by atoms with Crippen molar-refractivity contribution in [1.82, 2.24) is 0 Å². The van der Waals surface area contributed by atoms with Crippen molar-refractivity contribution in [3.8, 4) is 0 Å². The Kier molecular flexibility index (Phi) is 4.79. The van der Waals surface area contributed by atoms with Crippen LogP contribution >= 0.6 is 0 Å². The third-order valence-corrected chi connectivity index (χ3v) is 2.16. The van der Waals surface area contributed by atoms with Crippen molar-refractivity contribution in [3.05, 3.63) is 36.3 Å². The molecule has 16 heavy (non-hydrogen) atoms. The molecule has 1 N–H and O–H groups in total. The zero-order valence-electron chi connectivity index (χ0n) is 9.31. The summed E-state index contributed by atoms with van der Waals surface area (Å²) in [6, 6.07) is 3.06. The van der Waals surface area contributed by atoms with Crippen molar-refractivity contribution in [2.45, 2.75) is 25.9 Å². The highest BCUT2D eigenvalue weighted by atomic mass is 16.5. The van der Waals surface area contributed by atoms with Crippen LogP contribution in [0.25, 0.3) is 0 Å². The van der Waals surface area contributed by atoms with Crippen LogP contribution in [0.3, 0.4) is 0 Å². The quantitative estimate of drug-likeness (QED) is 0.571. The van der Waals surface area contributed by atoms with Crippen LogP contribution in [-0.2, 0) is 4.74 Å². The first kappa shape index (κ1) is 12.5. The molecule has 4 nitrogen and oxygen atoms in total. The second-order valence-corrected chi connectivity index (χ2v) is 3.45. The molecule has 0 saturated heterocycles. The van der Waals surface area contributed by atoms with Gasteiger partial charge in [0.2, 0.25) is 5.76 Å². The minimum Gasteiger partial charge on any atom is -0.475 e. The first-order chi connectivity index (χ1) is 7.65. The maximum Gasteiger partial charge on any atom is 0.371 e. The van der Waals surface area contributed by atoms with Crippen molar-refractivity contribution in [2.24, 2.45) is 0 Å². The topological polar surface area (TPSA) is 59.7 Å². The summed E-state index contributed by atoms with van der Waals surface area (Å²) in [5.74, 6) is -0.586. The average Bonchev–Trinajstić information content (AvgIpc) is 2.73. The minimum atomic E-state index is -1.06. The minimum absolute atomic E-state index is 0.0588. The average molecular weight is 224 g/mol. The van der Waals surface area contributed by atoms with Gasteiger partial charge in [-0.15, -0.1) is 6.58 Å². The van der Waals surface area contributed by atoms with Crippen molar-refractivity contribution in [2.75, 3.05) is 6.61 Å². The maximum absolute atomic E-state index is 10.6. The Morgan fingerprint density at radius 2 is 2.44 bits per heavy atom. The lowest BCUT2D eigenvalue weighted by Gasteiger charge is -2.09. The van der Waals surface area contributed by atoms with Crippen molar-refractivity contribution < 1.29 is 19.1 Å². The van der Waals surface area contributed by atoms with E-state index in [1.165, 1.54) is 6.07 Å². The van der Waals surface area contributed by atoms with Gasteiger partial charge in [0.15, 0.2) is 0 Å². The van der Waals surface area contributed by atoms with E-state index in [1.807, 2.05) is 13.0 Å². The summed E-state index contributed by atoms with van der Waals surface area (Å²) < 4.78 is 10.6. The summed E-state index contributed by atoms with van der Waals surface area (Å²) in [6.45, 7) is 6.06. The predicted molar refractivity (Wildman–Crippen MR) is 59.5 cm³/mol. The molecule has 0 radical (unpaired) electrons. The second kappa shape index (κ2) is 6.12. The first-order valence-corrected chi connectivity index (χ1v) is 5.20. The number of furan rings is 1. The van der Waals surface area contributed by atoms with Gasteiger partial charge in [0.25, 0.3) is 0 Å². The SMILES string of the molecule is C=CCCCOC(C)c1ccc(C(=O)O)o1. The first-order valence-electron chi connectivity index (χ1n) is 5.20. The van der Waals surface area contributed by atoms with E-state index < -0.39 is 5.97 Å². The maximum atomic E-state index is 10.6. The number of allylic oxidation sites excluding steroid dienone is 1. The number of carboxylic acid groups (broad SMARTS) is 1. The fourth-order valence-electron chi connectivity index (χ4n) is 1.26. The molecular weight excluding hydrogens is 208 g/mol. The predicted octanol–water partition coefficient (Wildman–Crippen LogP) is 3.02. The lowest BCUT2D eigenvalue weighted by molar-refractivity contribution is 0.0463. The van der Waals surface area contributed by atoms with Gasteiger partial charge in [-0.2, -0.15) is 0 Å². The number of aromatic carboxylic acids is 1. The number of unbranched alkanes of at least 4 members (excludes halogenated alkanes) is 1. The van der Waals surface area contributed by atoms with Crippen LogP contribution in [0.5, 0.6) is 0 Å². The third kappa shape index (κ3) is 3.55. The Labute approximate surface area is 94.5 Å². The van der Waals surface area contributed by atoms with E-state index in [9.17, 15) is 4.79 Å².